The van der Waals surface area contributed by atoms with E-state index in [0.29, 0.717) is 90.6 Å². The monoisotopic (exact) mass is 1170 g/mol. The molecule has 428 valence electrons. The summed E-state index contributed by atoms with van der Waals surface area (Å²) in [5.74, 6) is 7.46. The first-order valence-corrected chi connectivity index (χ1v) is 31.7. The largest absolute Gasteiger partial charge is 0.353 e. The minimum Gasteiger partial charge on any atom is -0.353 e. The fourth-order valence-electron chi connectivity index (χ4n) is 17.1. The maximum Gasteiger partial charge on any atom is 0.222 e. The number of hydrogen-bond donors (Lipinski definition) is 2. The first-order chi connectivity index (χ1) is 40.0. The van der Waals surface area contributed by atoms with Gasteiger partial charge in [0.05, 0.1) is 17.1 Å². The van der Waals surface area contributed by atoms with Crippen molar-refractivity contribution in [3.05, 3.63) is 155 Å². The number of halogens is 3. The molecule has 2 aromatic carbocycles. The minimum absolute atomic E-state index is 0.217. The first kappa shape index (κ1) is 56.3. The SMILES string of the molecule is CN1C(=O)C[C@@H]2[C@@H](/C=C/c3ccc(-c4cccc(F)c4)cn3)[C@@H]3CCCC[C@H]3C[C@@H]21.O=C1C[C@@H]2[C@@H](/C=C/c3ccc(-c4cccc(F)c4)cn3)[C@@H]3CCCC[C@H]3C[C@H]2N1.O=C1C[C@@H]2[C@@H](/C=C/c3ccc(Br)cn3)[C@@H]3CCCC[C@H]3C[C@H]2N1. The highest BCUT2D eigenvalue weighted by Crippen LogP contribution is 2.53. The molecule has 9 nitrogen and oxygen atoms in total. The van der Waals surface area contributed by atoms with Gasteiger partial charge in [-0.05, 0) is 203 Å². The van der Waals surface area contributed by atoms with Crippen LogP contribution < -0.4 is 10.6 Å². The molecule has 0 radical (unpaired) electrons. The number of carbonyl (C=O) groups excluding carboxylic acids is 3. The van der Waals surface area contributed by atoms with Crippen LogP contribution in [0.25, 0.3) is 40.5 Å². The number of nitrogens with one attached hydrogen (secondary N) is 2. The van der Waals surface area contributed by atoms with E-state index in [0.717, 1.165) is 73.9 Å². The maximum atomic E-state index is 13.5. The zero-order valence-corrected chi connectivity index (χ0v) is 48.9. The van der Waals surface area contributed by atoms with Crippen LogP contribution in [0.4, 0.5) is 8.78 Å². The van der Waals surface area contributed by atoms with Crippen molar-refractivity contribution in [1.82, 2.24) is 30.5 Å². The molecule has 3 aromatic heterocycles. The average Bonchev–Trinajstić information content (AvgIpc) is 4.27. The molecular formula is C70H79BrF2N6O3. The summed E-state index contributed by atoms with van der Waals surface area (Å²) in [6, 6.07) is 26.4. The normalized spacial score (nSPS) is 32.7. The van der Waals surface area contributed by atoms with Gasteiger partial charge < -0.3 is 15.5 Å². The Bertz CT molecular complexity index is 3150. The molecule has 3 saturated heterocycles. The van der Waals surface area contributed by atoms with Crippen molar-refractivity contribution in [2.45, 2.75) is 134 Å². The number of pyridine rings is 3. The Hall–Kier alpha value is -6.14. The molecule has 15 atom stereocenters. The lowest BCUT2D eigenvalue weighted by Crippen LogP contribution is -2.45. The summed E-state index contributed by atoms with van der Waals surface area (Å²) in [7, 11) is 1.99. The van der Waals surface area contributed by atoms with Crippen molar-refractivity contribution in [1.29, 1.82) is 0 Å². The van der Waals surface area contributed by atoms with Gasteiger partial charge in [-0.1, -0.05) is 112 Å². The zero-order valence-electron chi connectivity index (χ0n) is 47.3. The number of carbonyl (C=O) groups is 3. The molecule has 9 fully saturated rings. The highest BCUT2D eigenvalue weighted by molar-refractivity contribution is 9.10. The van der Waals surface area contributed by atoms with Crippen LogP contribution in [0.5, 0.6) is 0 Å². The Labute approximate surface area is 491 Å². The van der Waals surface area contributed by atoms with E-state index in [4.69, 9.17) is 0 Å². The van der Waals surface area contributed by atoms with Crippen molar-refractivity contribution < 1.29 is 23.2 Å². The van der Waals surface area contributed by atoms with E-state index in [-0.39, 0.29) is 23.4 Å². The topological polar surface area (TPSA) is 117 Å². The van der Waals surface area contributed by atoms with Gasteiger partial charge >= 0.3 is 0 Å². The second-order valence-corrected chi connectivity index (χ2v) is 26.4. The van der Waals surface area contributed by atoms with Crippen LogP contribution in [0.2, 0.25) is 0 Å². The van der Waals surface area contributed by atoms with Gasteiger partial charge in [0, 0.05) is 78.6 Å². The summed E-state index contributed by atoms with van der Waals surface area (Å²) in [6.07, 6.45) is 40.3. The van der Waals surface area contributed by atoms with Crippen LogP contribution in [-0.2, 0) is 14.4 Å². The molecule has 14 rings (SSSR count). The Morgan fingerprint density at radius 1 is 0.488 bits per heavy atom. The van der Waals surface area contributed by atoms with Crippen LogP contribution in [0.15, 0.2) is 126 Å². The van der Waals surface area contributed by atoms with E-state index in [1.54, 1.807) is 12.1 Å². The van der Waals surface area contributed by atoms with Crippen LogP contribution >= 0.6 is 15.9 Å². The standard InChI is InChI=1S/C26H29FN2O.C25H27FN2O.C19H23BrN2O/c1-29-25-14-18-5-2-3-8-22(18)23(24(25)15-26(29)30)12-11-21-10-9-19(16-28-21)17-6-4-7-20(27)13-17;26-19-6-3-5-16(12-19)18-8-9-20(27-15-18)10-11-22-21-7-2-1-4-17(21)13-24-23(22)14-25(29)28-24;20-13-5-6-14(21-11-13)7-8-16-15-4-2-1-3-12(15)9-18-17(16)10-19(23)22-18/h4,6-7,9-13,16,18,22-25H,2-3,5,8,14-15H2,1H3;3,5-6,8-12,15,17,21-24H,1-2,4,7,13-14H2,(H,28,29);5-8,11-12,15-18H,1-4,9-10H2,(H,22,23)/b12-11+;11-10+;8-7+/t18-,22+,23-,24+,25-;17-,21+,22-,23+,24+;12-,15+,16-,17+,18+/m000/s1. The number of likely N-dealkylation sites (tertiary alicyclic amines) is 1. The van der Waals surface area contributed by atoms with Gasteiger partial charge in [-0.3, -0.25) is 29.3 Å². The Kier molecular flexibility index (Phi) is 17.4. The molecule has 2 N–H and O–H groups in total. The molecule has 0 bridgehead atoms. The van der Waals surface area contributed by atoms with Crippen molar-refractivity contribution in [2.75, 3.05) is 7.05 Å². The lowest BCUT2D eigenvalue weighted by molar-refractivity contribution is -0.128. The molecule has 0 spiro atoms. The van der Waals surface area contributed by atoms with Gasteiger partial charge in [0.1, 0.15) is 11.6 Å². The second-order valence-electron chi connectivity index (χ2n) is 25.5. The van der Waals surface area contributed by atoms with E-state index in [9.17, 15) is 23.2 Å². The summed E-state index contributed by atoms with van der Waals surface area (Å²) in [5, 5.41) is 6.46. The summed E-state index contributed by atoms with van der Waals surface area (Å²) in [4.78, 5) is 52.1. The fourth-order valence-corrected chi connectivity index (χ4v) is 17.3. The van der Waals surface area contributed by atoms with Crippen molar-refractivity contribution in [2.24, 2.45) is 71.0 Å². The van der Waals surface area contributed by atoms with Crippen LogP contribution in [0, 0.1) is 82.6 Å². The molecule has 6 heterocycles. The number of allylic oxidation sites excluding steroid dienone is 3. The number of hydrogen-bond acceptors (Lipinski definition) is 6. The molecule has 5 aromatic rings. The van der Waals surface area contributed by atoms with Crippen molar-refractivity contribution >= 4 is 51.9 Å². The van der Waals surface area contributed by atoms with Crippen LogP contribution in [-0.4, -0.2) is 62.7 Å². The fraction of sp³-hybridized carbons (Fsp3) is 0.486. The van der Waals surface area contributed by atoms with Crippen molar-refractivity contribution in [3.63, 3.8) is 0 Å². The van der Waals surface area contributed by atoms with Crippen LogP contribution in [0.1, 0.15) is 133 Å². The van der Waals surface area contributed by atoms with E-state index in [1.807, 2.05) is 79.1 Å². The predicted molar refractivity (Wildman–Crippen MR) is 324 cm³/mol. The second kappa shape index (κ2) is 25.4. The third kappa shape index (κ3) is 12.7. The summed E-state index contributed by atoms with van der Waals surface area (Å²) in [5.41, 5.74) is 6.34. The van der Waals surface area contributed by atoms with Gasteiger partial charge in [-0.2, -0.15) is 0 Å². The number of rotatable bonds is 8. The molecule has 3 aliphatic heterocycles. The summed E-state index contributed by atoms with van der Waals surface area (Å²) >= 11 is 3.43. The van der Waals surface area contributed by atoms with Gasteiger partial charge in [-0.25, -0.2) is 8.78 Å². The highest BCUT2D eigenvalue weighted by Gasteiger charge is 2.52. The molecular weight excluding hydrogens is 1090 g/mol. The number of aromatic nitrogens is 3. The third-order valence-corrected chi connectivity index (χ3v) is 21.5. The smallest absolute Gasteiger partial charge is 0.222 e. The third-order valence-electron chi connectivity index (χ3n) is 21.0. The number of fused-ring (bicyclic) bond motifs is 6. The Balaban J connectivity index is 0.000000123. The maximum absolute atomic E-state index is 13.5. The highest BCUT2D eigenvalue weighted by atomic mass is 79.9. The number of nitrogens with zero attached hydrogens (tertiary/aromatic N) is 4. The Morgan fingerprint density at radius 2 is 0.915 bits per heavy atom. The molecule has 6 aliphatic carbocycles. The lowest BCUT2D eigenvalue weighted by atomic mass is 9.60. The molecule has 12 heteroatoms. The number of benzene rings is 2. The quantitative estimate of drug-likeness (QED) is 0.160. The summed E-state index contributed by atoms with van der Waals surface area (Å²) in [6.45, 7) is 0. The van der Waals surface area contributed by atoms with E-state index >= 15 is 0 Å². The Morgan fingerprint density at radius 3 is 1.34 bits per heavy atom. The van der Waals surface area contributed by atoms with E-state index in [2.05, 4.69) is 78.0 Å². The average molecular weight is 1170 g/mol. The molecule has 3 amide bonds. The predicted octanol–water partition coefficient (Wildman–Crippen LogP) is 15.0. The molecule has 0 unspecified atom stereocenters. The van der Waals surface area contributed by atoms with Gasteiger partial charge in [-0.15, -0.1) is 0 Å². The lowest BCUT2D eigenvalue weighted by Gasteiger charge is -2.47. The number of amides is 3. The molecule has 6 saturated carbocycles. The minimum atomic E-state index is -0.236. The van der Waals surface area contributed by atoms with Gasteiger partial charge in [0.25, 0.3) is 0 Å². The van der Waals surface area contributed by atoms with Crippen LogP contribution in [0.3, 0.4) is 0 Å². The molecule has 82 heavy (non-hydrogen) atoms. The summed E-state index contributed by atoms with van der Waals surface area (Å²) < 4.78 is 28.0. The van der Waals surface area contributed by atoms with Gasteiger partial charge in [0.2, 0.25) is 17.7 Å². The zero-order chi connectivity index (χ0) is 56.3. The molecule has 9 aliphatic rings. The first-order valence-electron chi connectivity index (χ1n) is 30.9. The van der Waals surface area contributed by atoms with E-state index < -0.39 is 0 Å². The van der Waals surface area contributed by atoms with Crippen molar-refractivity contribution in [3.8, 4) is 22.3 Å². The van der Waals surface area contributed by atoms with E-state index in [1.165, 1.54) is 114 Å². The van der Waals surface area contributed by atoms with Gasteiger partial charge in [0.15, 0.2) is 0 Å².